The maximum absolute atomic E-state index is 12.3. The van der Waals surface area contributed by atoms with Crippen LogP contribution >= 0.6 is 0 Å². The molecule has 4 aliphatic rings. The van der Waals surface area contributed by atoms with Gasteiger partial charge in [-0.15, -0.1) is 0 Å². The van der Waals surface area contributed by atoms with E-state index in [0.717, 1.165) is 38.5 Å². The molecular weight excluding hydrogens is 316 g/mol. The third-order valence-electron chi connectivity index (χ3n) is 8.72. The van der Waals surface area contributed by atoms with Gasteiger partial charge in [0.2, 0.25) is 0 Å². The molecule has 2 N–H and O–H groups in total. The number of aliphatic hydroxyl groups is 2. The number of carbonyl (C=O) groups excluding carboxylic acids is 2. The molecule has 4 rings (SSSR count). The Morgan fingerprint density at radius 2 is 1.84 bits per heavy atom. The van der Waals surface area contributed by atoms with Gasteiger partial charge >= 0.3 is 0 Å². The molecule has 0 aliphatic heterocycles. The average Bonchev–Trinajstić information content (AvgIpc) is 2.87. The zero-order chi connectivity index (χ0) is 18.0. The van der Waals surface area contributed by atoms with Gasteiger partial charge in [0.25, 0.3) is 0 Å². The van der Waals surface area contributed by atoms with E-state index in [1.54, 1.807) is 0 Å². The molecule has 138 valence electrons. The second-order valence-electron chi connectivity index (χ2n) is 9.41. The van der Waals surface area contributed by atoms with E-state index in [9.17, 15) is 19.8 Å². The molecule has 0 bridgehead atoms. The van der Waals surface area contributed by atoms with Gasteiger partial charge in [-0.25, -0.2) is 0 Å². The molecule has 0 heterocycles. The molecule has 4 heteroatoms. The minimum atomic E-state index is -1.36. The molecule has 0 aromatic rings. The minimum absolute atomic E-state index is 0.111. The zero-order valence-corrected chi connectivity index (χ0v) is 15.4. The lowest BCUT2D eigenvalue weighted by molar-refractivity contribution is -0.164. The summed E-state index contributed by atoms with van der Waals surface area (Å²) in [5, 5.41) is 20.5. The van der Waals surface area contributed by atoms with Gasteiger partial charge in [0, 0.05) is 11.8 Å². The summed E-state index contributed by atoms with van der Waals surface area (Å²) >= 11 is 0. The van der Waals surface area contributed by atoms with Gasteiger partial charge in [-0.3, -0.25) is 9.59 Å². The van der Waals surface area contributed by atoms with E-state index in [1.165, 1.54) is 5.57 Å². The number of ketones is 2. The quantitative estimate of drug-likeness (QED) is 0.806. The lowest BCUT2D eigenvalue weighted by Gasteiger charge is -2.58. The van der Waals surface area contributed by atoms with E-state index in [-0.39, 0.29) is 11.2 Å². The lowest BCUT2D eigenvalue weighted by Crippen LogP contribution is -2.58. The maximum Gasteiger partial charge on any atom is 0.190 e. The van der Waals surface area contributed by atoms with Crippen molar-refractivity contribution in [2.75, 3.05) is 6.61 Å². The van der Waals surface area contributed by atoms with Gasteiger partial charge in [-0.05, 0) is 74.2 Å². The first-order chi connectivity index (χ1) is 11.8. The Hall–Kier alpha value is -1.00. The van der Waals surface area contributed by atoms with Gasteiger partial charge in [0.05, 0.1) is 0 Å². The number of carbonyl (C=O) groups is 2. The molecule has 0 unspecified atom stereocenters. The standard InChI is InChI=1S/C21H30O4/c1-19-8-5-14(23)11-13(19)3-4-15-16(19)6-9-20(2)17(15)7-10-21(20,25)18(24)12-22/h11,15-17,22,25H,3-10,12H2,1-2H3/t15-,16-,17+,19+,20+,21-/m0/s1. The predicted octanol–water partition coefficient (Wildman–Crippen LogP) is 2.81. The van der Waals surface area contributed by atoms with Crippen molar-refractivity contribution in [3.05, 3.63) is 11.6 Å². The van der Waals surface area contributed by atoms with Crippen LogP contribution in [0, 0.1) is 28.6 Å². The zero-order valence-electron chi connectivity index (χ0n) is 15.4. The van der Waals surface area contributed by atoms with Crippen molar-refractivity contribution in [1.82, 2.24) is 0 Å². The second-order valence-corrected chi connectivity index (χ2v) is 9.41. The van der Waals surface area contributed by atoms with Crippen LogP contribution in [0.1, 0.15) is 65.2 Å². The van der Waals surface area contributed by atoms with Crippen molar-refractivity contribution in [3.8, 4) is 0 Å². The van der Waals surface area contributed by atoms with Crippen molar-refractivity contribution in [3.63, 3.8) is 0 Å². The lowest BCUT2D eigenvalue weighted by atomic mass is 9.46. The second kappa shape index (κ2) is 5.50. The highest BCUT2D eigenvalue weighted by atomic mass is 16.3. The van der Waals surface area contributed by atoms with E-state index < -0.39 is 23.4 Å². The van der Waals surface area contributed by atoms with Crippen LogP contribution in [0.15, 0.2) is 11.6 Å². The minimum Gasteiger partial charge on any atom is -0.388 e. The summed E-state index contributed by atoms with van der Waals surface area (Å²) in [5.74, 6) is 1.26. The smallest absolute Gasteiger partial charge is 0.190 e. The van der Waals surface area contributed by atoms with Crippen LogP contribution in [0.5, 0.6) is 0 Å². The Bertz CT molecular complexity index is 652. The third kappa shape index (κ3) is 2.13. The van der Waals surface area contributed by atoms with Gasteiger partial charge in [0.15, 0.2) is 11.6 Å². The summed E-state index contributed by atoms with van der Waals surface area (Å²) in [5.41, 5.74) is -0.333. The van der Waals surface area contributed by atoms with Crippen LogP contribution in [0.2, 0.25) is 0 Å². The van der Waals surface area contributed by atoms with Crippen LogP contribution < -0.4 is 0 Å². The number of hydrogen-bond acceptors (Lipinski definition) is 4. The average molecular weight is 346 g/mol. The van der Waals surface area contributed by atoms with Crippen LogP contribution in [-0.2, 0) is 9.59 Å². The number of allylic oxidation sites excluding steroid dienone is 1. The summed E-state index contributed by atoms with van der Waals surface area (Å²) in [4.78, 5) is 24.2. The molecule has 0 aromatic carbocycles. The molecule has 25 heavy (non-hydrogen) atoms. The summed E-state index contributed by atoms with van der Waals surface area (Å²) in [6, 6.07) is 0. The summed E-state index contributed by atoms with van der Waals surface area (Å²) in [6.45, 7) is 3.84. The van der Waals surface area contributed by atoms with Crippen LogP contribution in [0.25, 0.3) is 0 Å². The molecule has 4 aliphatic carbocycles. The summed E-state index contributed by atoms with van der Waals surface area (Å²) in [6.07, 6.45) is 8.72. The summed E-state index contributed by atoms with van der Waals surface area (Å²) < 4.78 is 0. The molecule has 6 atom stereocenters. The Kier molecular flexibility index (Phi) is 3.83. The first-order valence-electron chi connectivity index (χ1n) is 9.87. The van der Waals surface area contributed by atoms with Gasteiger partial charge in [0.1, 0.15) is 12.2 Å². The Morgan fingerprint density at radius 1 is 1.12 bits per heavy atom. The van der Waals surface area contributed by atoms with Crippen molar-refractivity contribution in [2.45, 2.75) is 70.8 Å². The van der Waals surface area contributed by atoms with Crippen molar-refractivity contribution in [1.29, 1.82) is 0 Å². The SMILES string of the molecule is C[C@@]12CCC(=O)C=C1CC[C@@H]1[C@H]3CC[C@](O)(C(=O)CO)[C@]3(C)CC[C@@H]12. The van der Waals surface area contributed by atoms with Crippen molar-refractivity contribution < 1.29 is 19.8 Å². The van der Waals surface area contributed by atoms with E-state index in [1.807, 2.05) is 6.08 Å². The number of rotatable bonds is 2. The third-order valence-corrected chi connectivity index (χ3v) is 8.72. The first-order valence-corrected chi connectivity index (χ1v) is 9.87. The molecule has 0 spiro atoms. The Morgan fingerprint density at radius 3 is 2.56 bits per heavy atom. The number of hydrogen-bond donors (Lipinski definition) is 2. The van der Waals surface area contributed by atoms with E-state index >= 15 is 0 Å². The number of aliphatic hydroxyl groups excluding tert-OH is 1. The molecule has 0 amide bonds. The van der Waals surface area contributed by atoms with Gasteiger partial charge in [-0.1, -0.05) is 19.4 Å². The highest BCUT2D eigenvalue weighted by molar-refractivity contribution is 5.91. The molecule has 3 saturated carbocycles. The largest absolute Gasteiger partial charge is 0.388 e. The van der Waals surface area contributed by atoms with Gasteiger partial charge in [-0.2, -0.15) is 0 Å². The molecule has 0 radical (unpaired) electrons. The topological polar surface area (TPSA) is 74.6 Å². The van der Waals surface area contributed by atoms with E-state index in [2.05, 4.69) is 13.8 Å². The first kappa shape index (κ1) is 17.4. The maximum atomic E-state index is 12.3. The highest BCUT2D eigenvalue weighted by Crippen LogP contribution is 2.67. The molecule has 0 saturated heterocycles. The van der Waals surface area contributed by atoms with Gasteiger partial charge < -0.3 is 10.2 Å². The molecule has 3 fully saturated rings. The normalized spacial score (nSPS) is 49.0. The van der Waals surface area contributed by atoms with Crippen LogP contribution in [0.4, 0.5) is 0 Å². The predicted molar refractivity (Wildman–Crippen MR) is 93.8 cm³/mol. The van der Waals surface area contributed by atoms with Crippen molar-refractivity contribution in [2.24, 2.45) is 28.6 Å². The molecule has 4 nitrogen and oxygen atoms in total. The fourth-order valence-electron chi connectivity index (χ4n) is 7.16. The van der Waals surface area contributed by atoms with Crippen LogP contribution in [-0.4, -0.2) is 34.0 Å². The van der Waals surface area contributed by atoms with E-state index in [0.29, 0.717) is 30.6 Å². The Labute approximate surface area is 149 Å². The monoisotopic (exact) mass is 346 g/mol. The Balaban J connectivity index is 1.68. The molecular formula is C21H30O4. The fourth-order valence-corrected chi connectivity index (χ4v) is 7.16. The fraction of sp³-hybridized carbons (Fsp3) is 0.810. The number of Topliss-reactive ketones (excluding diaryl/α,β-unsaturated/α-hetero) is 1. The summed E-state index contributed by atoms with van der Waals surface area (Å²) in [7, 11) is 0. The van der Waals surface area contributed by atoms with E-state index in [4.69, 9.17) is 0 Å². The highest BCUT2D eigenvalue weighted by Gasteiger charge is 2.65. The van der Waals surface area contributed by atoms with Crippen LogP contribution in [0.3, 0.4) is 0 Å². The molecule has 0 aromatic heterocycles. The van der Waals surface area contributed by atoms with Crippen molar-refractivity contribution >= 4 is 11.6 Å². The number of fused-ring (bicyclic) bond motifs is 5.